The highest BCUT2D eigenvalue weighted by atomic mass is 16.3. The number of aryl methyl sites for hydroxylation is 2. The maximum atomic E-state index is 13.4. The summed E-state index contributed by atoms with van der Waals surface area (Å²) in [5, 5.41) is 2.99. The Morgan fingerprint density at radius 3 is 2.54 bits per heavy atom. The topological polar surface area (TPSA) is 106 Å². The minimum atomic E-state index is -0.305. The lowest BCUT2D eigenvalue weighted by molar-refractivity contribution is 0.0991. The zero-order chi connectivity index (χ0) is 28.2. The van der Waals surface area contributed by atoms with Gasteiger partial charge in [-0.25, -0.2) is 9.97 Å². The second-order valence-electron chi connectivity index (χ2n) is 9.50. The van der Waals surface area contributed by atoms with Crippen LogP contribution in [0.2, 0.25) is 0 Å². The van der Waals surface area contributed by atoms with E-state index in [-0.39, 0.29) is 11.8 Å². The van der Waals surface area contributed by atoms with Crippen molar-refractivity contribution < 1.29 is 14.0 Å². The molecule has 0 aliphatic heterocycles. The molecule has 6 rings (SSSR count). The average Bonchev–Trinajstić information content (AvgIpc) is 3.68. The van der Waals surface area contributed by atoms with Crippen LogP contribution in [0.25, 0.3) is 22.4 Å². The van der Waals surface area contributed by atoms with E-state index >= 15 is 0 Å². The lowest BCUT2D eigenvalue weighted by Crippen LogP contribution is -2.26. The predicted octanol–water partition coefficient (Wildman–Crippen LogP) is 5.86. The van der Waals surface area contributed by atoms with Gasteiger partial charge in [-0.1, -0.05) is 36.4 Å². The van der Waals surface area contributed by atoms with Gasteiger partial charge >= 0.3 is 0 Å². The van der Waals surface area contributed by atoms with Crippen LogP contribution in [0.3, 0.4) is 0 Å². The van der Waals surface area contributed by atoms with Gasteiger partial charge in [0.15, 0.2) is 12.2 Å². The van der Waals surface area contributed by atoms with Crippen molar-refractivity contribution in [2.45, 2.75) is 13.0 Å². The van der Waals surface area contributed by atoms with Crippen molar-refractivity contribution in [2.24, 2.45) is 0 Å². The molecule has 0 radical (unpaired) electrons. The van der Waals surface area contributed by atoms with Crippen LogP contribution >= 0.6 is 0 Å². The minimum absolute atomic E-state index is 0.124. The first-order valence-corrected chi connectivity index (χ1v) is 13.1. The summed E-state index contributed by atoms with van der Waals surface area (Å²) in [5.41, 5.74) is 5.06. The molecule has 3 aromatic carbocycles. The fraction of sp³-hybridized carbons (Fsp3) is 0.0938. The smallest absolute Gasteiger partial charge is 0.258 e. The SMILES string of the molecule is CN(C(=O)c1ccccc1)c1ccc2c(c1)nc(NC(=O)c1cccc(-c3cnco3)c1)n2CCc1cccnc1. The quantitative estimate of drug-likeness (QED) is 0.258. The molecule has 3 aromatic heterocycles. The molecule has 6 aromatic rings. The highest BCUT2D eigenvalue weighted by Gasteiger charge is 2.19. The largest absolute Gasteiger partial charge is 0.444 e. The van der Waals surface area contributed by atoms with Crippen molar-refractivity contribution >= 4 is 34.5 Å². The number of hydrogen-bond acceptors (Lipinski definition) is 6. The van der Waals surface area contributed by atoms with Crippen LogP contribution in [0.5, 0.6) is 0 Å². The number of hydrogen-bond donors (Lipinski definition) is 1. The first-order chi connectivity index (χ1) is 20.1. The molecule has 9 nitrogen and oxygen atoms in total. The number of nitrogens with zero attached hydrogens (tertiary/aromatic N) is 5. The lowest BCUT2D eigenvalue weighted by Gasteiger charge is -2.17. The van der Waals surface area contributed by atoms with Crippen molar-refractivity contribution in [3.63, 3.8) is 0 Å². The summed E-state index contributed by atoms with van der Waals surface area (Å²) in [4.78, 5) is 41.0. The number of carbonyl (C=O) groups is 2. The van der Waals surface area contributed by atoms with E-state index in [4.69, 9.17) is 9.40 Å². The fourth-order valence-electron chi connectivity index (χ4n) is 4.67. The predicted molar refractivity (Wildman–Crippen MR) is 157 cm³/mol. The number of carbonyl (C=O) groups excluding carboxylic acids is 2. The Morgan fingerprint density at radius 2 is 1.76 bits per heavy atom. The Hall–Kier alpha value is -5.57. The summed E-state index contributed by atoms with van der Waals surface area (Å²) in [7, 11) is 1.74. The maximum absolute atomic E-state index is 13.4. The molecule has 2 amide bonds. The highest BCUT2D eigenvalue weighted by Crippen LogP contribution is 2.27. The van der Waals surface area contributed by atoms with Crippen molar-refractivity contribution in [1.82, 2.24) is 19.5 Å². The molecule has 202 valence electrons. The minimum Gasteiger partial charge on any atom is -0.444 e. The van der Waals surface area contributed by atoms with Crippen molar-refractivity contribution in [2.75, 3.05) is 17.3 Å². The zero-order valence-corrected chi connectivity index (χ0v) is 22.3. The third kappa shape index (κ3) is 5.46. The number of aromatic nitrogens is 4. The Labute approximate surface area is 236 Å². The highest BCUT2D eigenvalue weighted by molar-refractivity contribution is 6.07. The molecular weight excluding hydrogens is 516 g/mol. The summed E-state index contributed by atoms with van der Waals surface area (Å²) in [5.74, 6) is 0.556. The van der Waals surface area contributed by atoms with Gasteiger partial charge in [0.25, 0.3) is 11.8 Å². The van der Waals surface area contributed by atoms with Crippen LogP contribution in [-0.4, -0.2) is 38.4 Å². The average molecular weight is 543 g/mol. The number of rotatable bonds is 8. The summed E-state index contributed by atoms with van der Waals surface area (Å²) in [6, 6.07) is 25.9. The van der Waals surface area contributed by atoms with E-state index in [0.29, 0.717) is 47.0 Å². The Kier molecular flexibility index (Phi) is 7.06. The third-order valence-corrected chi connectivity index (χ3v) is 6.86. The van der Waals surface area contributed by atoms with Gasteiger partial charge in [-0.3, -0.25) is 19.9 Å². The van der Waals surface area contributed by atoms with E-state index in [1.807, 2.05) is 65.4 Å². The van der Waals surface area contributed by atoms with Gasteiger partial charge in [0.05, 0.1) is 17.2 Å². The monoisotopic (exact) mass is 542 g/mol. The van der Waals surface area contributed by atoms with Crippen LogP contribution in [0.1, 0.15) is 26.3 Å². The molecule has 0 unspecified atom stereocenters. The van der Waals surface area contributed by atoms with Crippen LogP contribution in [0.4, 0.5) is 11.6 Å². The molecular formula is C32H26N6O3. The standard InChI is InChI=1S/C32H26N6O3/c1-37(31(40)23-8-3-2-4-9-23)26-12-13-28-27(18-26)35-32(38(28)16-14-22-7-6-15-33-19-22)36-30(39)25-11-5-10-24(17-25)29-20-34-21-41-29/h2-13,15,17-21H,14,16H2,1H3,(H,35,36,39). The van der Waals surface area contributed by atoms with Crippen LogP contribution in [0.15, 0.2) is 114 Å². The molecule has 0 aliphatic carbocycles. The summed E-state index contributed by atoms with van der Waals surface area (Å²) in [6.45, 7) is 0.564. The van der Waals surface area contributed by atoms with Gasteiger partial charge in [-0.05, 0) is 60.5 Å². The second kappa shape index (κ2) is 11.3. The van der Waals surface area contributed by atoms with Gasteiger partial charge < -0.3 is 13.9 Å². The summed E-state index contributed by atoms with van der Waals surface area (Å²) < 4.78 is 7.36. The van der Waals surface area contributed by atoms with E-state index in [1.54, 1.807) is 54.7 Å². The van der Waals surface area contributed by atoms with Gasteiger partial charge in [0.1, 0.15) is 0 Å². The Morgan fingerprint density at radius 1 is 0.902 bits per heavy atom. The van der Waals surface area contributed by atoms with E-state index in [2.05, 4.69) is 15.3 Å². The fourth-order valence-corrected chi connectivity index (χ4v) is 4.67. The molecule has 0 spiro atoms. The number of anilines is 2. The first kappa shape index (κ1) is 25.7. The normalized spacial score (nSPS) is 11.0. The number of benzene rings is 3. The van der Waals surface area contributed by atoms with Crippen LogP contribution in [0, 0.1) is 0 Å². The summed E-state index contributed by atoms with van der Waals surface area (Å²) >= 11 is 0. The first-order valence-electron chi connectivity index (χ1n) is 13.1. The third-order valence-electron chi connectivity index (χ3n) is 6.86. The number of oxazole rings is 1. The van der Waals surface area contributed by atoms with Gasteiger partial charge in [-0.2, -0.15) is 0 Å². The maximum Gasteiger partial charge on any atom is 0.258 e. The van der Waals surface area contributed by atoms with Gasteiger partial charge in [0, 0.05) is 48.4 Å². The zero-order valence-electron chi connectivity index (χ0n) is 22.3. The number of nitrogens with one attached hydrogen (secondary N) is 1. The molecule has 0 saturated heterocycles. The molecule has 41 heavy (non-hydrogen) atoms. The van der Waals surface area contributed by atoms with Crippen LogP contribution < -0.4 is 10.2 Å². The summed E-state index contributed by atoms with van der Waals surface area (Å²) in [6.07, 6.45) is 7.22. The number of pyridine rings is 1. The number of fused-ring (bicyclic) bond motifs is 1. The lowest BCUT2D eigenvalue weighted by atomic mass is 10.1. The molecule has 0 saturated carbocycles. The number of imidazole rings is 1. The van der Waals surface area contributed by atoms with E-state index in [0.717, 1.165) is 16.6 Å². The van der Waals surface area contributed by atoms with E-state index < -0.39 is 0 Å². The van der Waals surface area contributed by atoms with Gasteiger partial charge in [-0.15, -0.1) is 0 Å². The molecule has 3 heterocycles. The Balaban J connectivity index is 1.33. The molecule has 0 aliphatic rings. The molecule has 9 heteroatoms. The molecule has 0 atom stereocenters. The van der Waals surface area contributed by atoms with Crippen LogP contribution in [-0.2, 0) is 13.0 Å². The number of amides is 2. The Bertz CT molecular complexity index is 1820. The van der Waals surface area contributed by atoms with Crippen molar-refractivity contribution in [1.29, 1.82) is 0 Å². The van der Waals surface area contributed by atoms with Crippen molar-refractivity contribution in [3.05, 3.63) is 127 Å². The molecule has 0 fully saturated rings. The van der Waals surface area contributed by atoms with E-state index in [1.165, 1.54) is 6.39 Å². The van der Waals surface area contributed by atoms with E-state index in [9.17, 15) is 9.59 Å². The second-order valence-corrected chi connectivity index (χ2v) is 9.50. The van der Waals surface area contributed by atoms with Crippen molar-refractivity contribution in [3.8, 4) is 11.3 Å². The molecule has 1 N–H and O–H groups in total. The van der Waals surface area contributed by atoms with Gasteiger partial charge in [0.2, 0.25) is 5.95 Å². The molecule has 0 bridgehead atoms.